The van der Waals surface area contributed by atoms with E-state index < -0.39 is 4.92 Å². The van der Waals surface area contributed by atoms with Crippen LogP contribution in [0, 0.1) is 10.1 Å². The average molecular weight is 317 g/mol. The standard InChI is InChI=1S/C11H13BrN2O4/c1-13(7-6-12)11(15)8-4-3-5-9(14(16)17)10(8)18-2/h3-5H,6-7H2,1-2H3. The maximum Gasteiger partial charge on any atom is 0.311 e. The summed E-state index contributed by atoms with van der Waals surface area (Å²) in [4.78, 5) is 23.8. The van der Waals surface area contributed by atoms with Gasteiger partial charge < -0.3 is 9.64 Å². The summed E-state index contributed by atoms with van der Waals surface area (Å²) in [5.41, 5.74) is -0.0225. The number of benzene rings is 1. The van der Waals surface area contributed by atoms with Gasteiger partial charge in [-0.15, -0.1) is 0 Å². The Balaban J connectivity index is 3.20. The van der Waals surface area contributed by atoms with Crippen LogP contribution < -0.4 is 4.74 Å². The molecule has 0 saturated carbocycles. The van der Waals surface area contributed by atoms with Gasteiger partial charge in [0.15, 0.2) is 0 Å². The van der Waals surface area contributed by atoms with E-state index in [0.717, 1.165) is 0 Å². The first kappa shape index (κ1) is 14.4. The summed E-state index contributed by atoms with van der Waals surface area (Å²) in [6.07, 6.45) is 0. The Hall–Kier alpha value is -1.63. The molecule has 18 heavy (non-hydrogen) atoms. The maximum atomic E-state index is 12.1. The molecule has 0 atom stereocenters. The molecule has 0 bridgehead atoms. The number of para-hydroxylation sites is 1. The van der Waals surface area contributed by atoms with Gasteiger partial charge in [0, 0.05) is 25.0 Å². The van der Waals surface area contributed by atoms with Gasteiger partial charge in [-0.25, -0.2) is 0 Å². The molecule has 6 nitrogen and oxygen atoms in total. The minimum absolute atomic E-state index is 0.00563. The Labute approximate surface area is 113 Å². The van der Waals surface area contributed by atoms with Gasteiger partial charge >= 0.3 is 5.69 Å². The summed E-state index contributed by atoms with van der Waals surface area (Å²) in [5, 5.41) is 11.5. The van der Waals surface area contributed by atoms with Crippen molar-refractivity contribution in [3.05, 3.63) is 33.9 Å². The molecule has 1 amide bonds. The van der Waals surface area contributed by atoms with Crippen molar-refractivity contribution in [2.75, 3.05) is 26.0 Å². The van der Waals surface area contributed by atoms with Gasteiger partial charge in [0.25, 0.3) is 5.91 Å². The number of halogens is 1. The summed E-state index contributed by atoms with van der Waals surface area (Å²) in [6.45, 7) is 0.505. The Bertz CT molecular complexity index is 464. The smallest absolute Gasteiger partial charge is 0.311 e. The van der Waals surface area contributed by atoms with Gasteiger partial charge in [0.1, 0.15) is 0 Å². The lowest BCUT2D eigenvalue weighted by atomic mass is 10.1. The van der Waals surface area contributed by atoms with E-state index in [0.29, 0.717) is 11.9 Å². The Morgan fingerprint density at radius 3 is 2.72 bits per heavy atom. The number of hydrogen-bond acceptors (Lipinski definition) is 4. The van der Waals surface area contributed by atoms with Crippen LogP contribution in [0.15, 0.2) is 18.2 Å². The fraction of sp³-hybridized carbons (Fsp3) is 0.364. The first-order chi connectivity index (χ1) is 8.52. The molecule has 0 radical (unpaired) electrons. The van der Waals surface area contributed by atoms with Gasteiger partial charge in [-0.1, -0.05) is 22.0 Å². The van der Waals surface area contributed by atoms with Crippen LogP contribution in [-0.2, 0) is 0 Å². The second-order valence-corrected chi connectivity index (χ2v) is 4.32. The Morgan fingerprint density at radius 1 is 1.56 bits per heavy atom. The number of carbonyl (C=O) groups is 1. The molecule has 0 unspecified atom stereocenters. The minimum atomic E-state index is -0.569. The van der Waals surface area contributed by atoms with Crippen LogP contribution in [0.5, 0.6) is 5.75 Å². The predicted octanol–water partition coefficient (Wildman–Crippen LogP) is 2.07. The highest BCUT2D eigenvalue weighted by Gasteiger charge is 2.24. The van der Waals surface area contributed by atoms with E-state index in [4.69, 9.17) is 4.74 Å². The summed E-state index contributed by atoms with van der Waals surface area (Å²) >= 11 is 3.23. The van der Waals surface area contributed by atoms with Crippen LogP contribution >= 0.6 is 15.9 Å². The molecule has 0 aliphatic heterocycles. The second-order valence-electron chi connectivity index (χ2n) is 3.53. The van der Waals surface area contributed by atoms with E-state index in [9.17, 15) is 14.9 Å². The second kappa shape index (κ2) is 6.34. The number of carbonyl (C=O) groups excluding carboxylic acids is 1. The number of methoxy groups -OCH3 is 1. The lowest BCUT2D eigenvalue weighted by Gasteiger charge is -2.17. The topological polar surface area (TPSA) is 72.7 Å². The minimum Gasteiger partial charge on any atom is -0.490 e. The van der Waals surface area contributed by atoms with Gasteiger partial charge in [0.05, 0.1) is 17.6 Å². The molecule has 0 heterocycles. The van der Waals surface area contributed by atoms with E-state index in [1.807, 2.05) is 0 Å². The van der Waals surface area contributed by atoms with Crippen molar-refractivity contribution >= 4 is 27.5 Å². The normalized spacial score (nSPS) is 9.94. The third-order valence-corrected chi connectivity index (χ3v) is 2.75. The van der Waals surface area contributed by atoms with Crippen LogP contribution in [0.1, 0.15) is 10.4 Å². The Kier molecular flexibility index (Phi) is 5.08. The molecular weight excluding hydrogens is 304 g/mol. The summed E-state index contributed by atoms with van der Waals surface area (Å²) < 4.78 is 4.99. The fourth-order valence-corrected chi connectivity index (χ4v) is 2.02. The molecule has 0 fully saturated rings. The van der Waals surface area contributed by atoms with Crippen LogP contribution in [0.3, 0.4) is 0 Å². The van der Waals surface area contributed by atoms with Gasteiger partial charge in [-0.05, 0) is 6.07 Å². The molecule has 0 aliphatic rings. The molecule has 0 aliphatic carbocycles. The average Bonchev–Trinajstić information content (AvgIpc) is 2.36. The third kappa shape index (κ3) is 2.98. The lowest BCUT2D eigenvalue weighted by Crippen LogP contribution is -2.28. The van der Waals surface area contributed by atoms with Crippen LogP contribution in [0.25, 0.3) is 0 Å². The number of hydrogen-bond donors (Lipinski definition) is 0. The van der Waals surface area contributed by atoms with E-state index in [1.165, 1.54) is 30.2 Å². The van der Waals surface area contributed by atoms with E-state index in [-0.39, 0.29) is 22.9 Å². The van der Waals surface area contributed by atoms with E-state index >= 15 is 0 Å². The molecule has 0 aromatic heterocycles. The molecule has 1 rings (SSSR count). The zero-order valence-corrected chi connectivity index (χ0v) is 11.6. The van der Waals surface area contributed by atoms with Crippen molar-refractivity contribution in [1.82, 2.24) is 4.90 Å². The van der Waals surface area contributed by atoms with Crippen molar-refractivity contribution in [1.29, 1.82) is 0 Å². The van der Waals surface area contributed by atoms with Crippen molar-refractivity contribution in [3.8, 4) is 5.75 Å². The van der Waals surface area contributed by atoms with Crippen molar-refractivity contribution in [2.45, 2.75) is 0 Å². The molecule has 0 saturated heterocycles. The van der Waals surface area contributed by atoms with Crippen molar-refractivity contribution < 1.29 is 14.5 Å². The number of ether oxygens (including phenoxy) is 1. The molecular formula is C11H13BrN2O4. The van der Waals surface area contributed by atoms with Crippen LogP contribution in [0.2, 0.25) is 0 Å². The number of rotatable bonds is 5. The monoisotopic (exact) mass is 316 g/mol. The maximum absolute atomic E-state index is 12.1. The largest absolute Gasteiger partial charge is 0.490 e. The lowest BCUT2D eigenvalue weighted by molar-refractivity contribution is -0.385. The van der Waals surface area contributed by atoms with Crippen molar-refractivity contribution in [2.24, 2.45) is 0 Å². The zero-order chi connectivity index (χ0) is 13.7. The third-order valence-electron chi connectivity index (χ3n) is 2.39. The molecule has 98 valence electrons. The quantitative estimate of drug-likeness (QED) is 0.473. The van der Waals surface area contributed by atoms with Gasteiger partial charge in [-0.2, -0.15) is 0 Å². The molecule has 0 N–H and O–H groups in total. The molecule has 1 aromatic carbocycles. The highest BCUT2D eigenvalue weighted by molar-refractivity contribution is 9.09. The summed E-state index contributed by atoms with van der Waals surface area (Å²) in [7, 11) is 2.94. The Morgan fingerprint density at radius 2 is 2.22 bits per heavy atom. The molecule has 0 spiro atoms. The van der Waals surface area contributed by atoms with Crippen molar-refractivity contribution in [3.63, 3.8) is 0 Å². The molecule has 7 heteroatoms. The number of nitro benzene ring substituents is 1. The van der Waals surface area contributed by atoms with Crippen LogP contribution in [0.4, 0.5) is 5.69 Å². The predicted molar refractivity (Wildman–Crippen MR) is 70.4 cm³/mol. The number of amides is 1. The summed E-state index contributed by atoms with van der Waals surface area (Å²) in [5.74, 6) is -0.316. The highest BCUT2D eigenvalue weighted by Crippen LogP contribution is 2.31. The SMILES string of the molecule is COc1c(C(=O)N(C)CCBr)cccc1[N+](=O)[O-]. The summed E-state index contributed by atoms with van der Waals surface area (Å²) in [6, 6.07) is 4.29. The number of alkyl halides is 1. The number of nitro groups is 1. The van der Waals surface area contributed by atoms with E-state index in [2.05, 4.69) is 15.9 Å². The van der Waals surface area contributed by atoms with Gasteiger partial charge in [0.2, 0.25) is 5.75 Å². The zero-order valence-electron chi connectivity index (χ0n) is 10.1. The van der Waals surface area contributed by atoms with Gasteiger partial charge in [-0.3, -0.25) is 14.9 Å². The number of nitrogens with zero attached hydrogens (tertiary/aromatic N) is 2. The molecule has 1 aromatic rings. The first-order valence-electron chi connectivity index (χ1n) is 5.15. The first-order valence-corrected chi connectivity index (χ1v) is 6.28. The fourth-order valence-electron chi connectivity index (χ4n) is 1.49. The highest BCUT2D eigenvalue weighted by atomic mass is 79.9. The van der Waals surface area contributed by atoms with Crippen LogP contribution in [-0.4, -0.2) is 41.8 Å². The van der Waals surface area contributed by atoms with E-state index in [1.54, 1.807) is 7.05 Å².